The summed E-state index contributed by atoms with van der Waals surface area (Å²) in [6.07, 6.45) is 19.3. The van der Waals surface area contributed by atoms with Crippen LogP contribution in [0.15, 0.2) is 114 Å². The quantitative estimate of drug-likeness (QED) is 0.0115. The van der Waals surface area contributed by atoms with Crippen molar-refractivity contribution in [2.75, 3.05) is 52.9 Å². The number of benzene rings is 2. The smallest absolute Gasteiger partial charge is 0.350 e. The predicted molar refractivity (Wildman–Crippen MR) is 383 cm³/mol. The molecule has 6 aliphatic rings. The molecule has 104 heavy (non-hydrogen) atoms. The van der Waals surface area contributed by atoms with Crippen LogP contribution in [0.3, 0.4) is 0 Å². The average molecular weight is 1510 g/mol. The van der Waals surface area contributed by atoms with Crippen molar-refractivity contribution in [3.8, 4) is 28.7 Å². The Morgan fingerprint density at radius 1 is 0.404 bits per heavy atom. The normalized spacial score (nSPS) is 21.9. The third-order valence-corrected chi connectivity index (χ3v) is 23.6. The number of hydrogen-bond acceptors (Lipinski definition) is 27. The molecule has 2 aromatic carbocycles. The molecule has 4 saturated carbocycles. The first-order chi connectivity index (χ1) is 50.4. The van der Waals surface area contributed by atoms with E-state index in [9.17, 15) is 53.2 Å². The number of nitriles is 1. The van der Waals surface area contributed by atoms with E-state index in [0.29, 0.717) is 134 Å². The van der Waals surface area contributed by atoms with Crippen LogP contribution in [0.5, 0.6) is 11.5 Å². The van der Waals surface area contributed by atoms with Crippen LogP contribution >= 0.6 is 47.0 Å². The summed E-state index contributed by atoms with van der Waals surface area (Å²) in [5, 5.41) is 10.5. The standard InChI is InChI=1S/C76H88N2O22S4/c1-6-60(79)91-40-16-12-10-14-38-89-51-26-18-47(19-27-51)69(83)97-53-30-22-49(23-31-53)71(85)99-58-36-34-55(65-67(58)103-75(101-65)57(46-77)73(87)95-44-42-93-62(81)8-3)56-35-37-59(68-66(56)102-76(104-68)64(78-5)74(88)96-45-43-94-63(82)9-4)100-72(86)50-24-32-54(33-25-50)98-70(84)48-20-28-52(29-21-48)90-39-15-11-13-17-41-92-61(80)7-2/h6-9,34-37,47-54H,1-4,10-33,38-45H2/b75-57-,76-64+. The third kappa shape index (κ3) is 24.5. The first kappa shape index (κ1) is 81.5. The van der Waals surface area contributed by atoms with Crippen LogP contribution in [0, 0.1) is 41.6 Å². The molecule has 0 amide bonds. The van der Waals surface area contributed by atoms with Gasteiger partial charge in [-0.2, -0.15) is 5.26 Å². The molecule has 24 nitrogen and oxygen atoms in total. The lowest BCUT2D eigenvalue weighted by Gasteiger charge is -2.31. The summed E-state index contributed by atoms with van der Waals surface area (Å²) >= 11 is 4.06. The molecular formula is C76H88N2O22S4. The van der Waals surface area contributed by atoms with Crippen LogP contribution in [0.25, 0.3) is 16.0 Å². The molecule has 0 saturated heterocycles. The largest absolute Gasteiger partial charge is 0.467 e. The number of rotatable bonds is 37. The number of nitrogens with zero attached hydrogens (tertiary/aromatic N) is 2. The van der Waals surface area contributed by atoms with E-state index in [-0.39, 0.29) is 94.6 Å². The number of thioether (sulfide) groups is 4. The monoisotopic (exact) mass is 1510 g/mol. The number of hydrogen-bond donors (Lipinski definition) is 0. The molecule has 558 valence electrons. The minimum absolute atomic E-state index is 0.0661. The summed E-state index contributed by atoms with van der Waals surface area (Å²) in [6, 6.07) is 8.51. The highest BCUT2D eigenvalue weighted by molar-refractivity contribution is 8.25. The van der Waals surface area contributed by atoms with Crippen molar-refractivity contribution in [3.63, 3.8) is 0 Å². The molecule has 0 aromatic heterocycles. The van der Waals surface area contributed by atoms with E-state index >= 15 is 0 Å². The second-order valence-corrected chi connectivity index (χ2v) is 30.0. The van der Waals surface area contributed by atoms with Gasteiger partial charge in [-0.25, -0.2) is 28.8 Å². The molecule has 2 aliphatic heterocycles. The molecule has 0 spiro atoms. The van der Waals surface area contributed by atoms with Gasteiger partial charge >= 0.3 is 59.7 Å². The fourth-order valence-electron chi connectivity index (χ4n) is 12.6. The Hall–Kier alpha value is -8.12. The van der Waals surface area contributed by atoms with Crippen LogP contribution in [0.1, 0.15) is 154 Å². The maximum absolute atomic E-state index is 14.3. The van der Waals surface area contributed by atoms with Gasteiger partial charge in [-0.15, -0.1) is 0 Å². The fourth-order valence-corrected chi connectivity index (χ4v) is 17.9. The second-order valence-electron chi connectivity index (χ2n) is 25.4. The van der Waals surface area contributed by atoms with Crippen LogP contribution in [-0.2, 0) is 95.3 Å². The van der Waals surface area contributed by atoms with E-state index < -0.39 is 70.9 Å². The number of esters is 10. The zero-order valence-electron chi connectivity index (χ0n) is 58.2. The van der Waals surface area contributed by atoms with E-state index in [1.54, 1.807) is 24.3 Å². The first-order valence-electron chi connectivity index (χ1n) is 35.3. The zero-order valence-corrected chi connectivity index (χ0v) is 61.5. The minimum Gasteiger partial charge on any atom is -0.467 e. The maximum atomic E-state index is 14.3. The van der Waals surface area contributed by atoms with Gasteiger partial charge in [-0.3, -0.25) is 24.0 Å². The molecule has 2 heterocycles. The first-order valence-corrected chi connectivity index (χ1v) is 38.6. The second kappa shape index (κ2) is 42.7. The van der Waals surface area contributed by atoms with Crippen molar-refractivity contribution >= 4 is 107 Å². The Kier molecular flexibility index (Phi) is 33.5. The van der Waals surface area contributed by atoms with Gasteiger partial charge in [0.15, 0.2) is 5.57 Å². The summed E-state index contributed by atoms with van der Waals surface area (Å²) in [5.74, 6) is -7.38. The molecule has 0 N–H and O–H groups in total. The van der Waals surface area contributed by atoms with Crippen molar-refractivity contribution in [3.05, 3.63) is 106 Å². The molecular weight excluding hydrogens is 1420 g/mol. The Balaban J connectivity index is 0.936. The van der Waals surface area contributed by atoms with Crippen LogP contribution < -0.4 is 9.47 Å². The number of carbonyl (C=O) groups excluding carboxylic acids is 10. The van der Waals surface area contributed by atoms with Crippen LogP contribution in [-0.4, -0.2) is 137 Å². The molecule has 0 unspecified atom stereocenters. The van der Waals surface area contributed by atoms with E-state index in [0.717, 1.165) is 148 Å². The van der Waals surface area contributed by atoms with Gasteiger partial charge in [0.25, 0.3) is 5.70 Å². The minimum atomic E-state index is -1.02. The molecule has 8 rings (SSSR count). The van der Waals surface area contributed by atoms with Gasteiger partial charge in [0.2, 0.25) is 0 Å². The molecule has 0 radical (unpaired) electrons. The lowest BCUT2D eigenvalue weighted by molar-refractivity contribution is -0.160. The summed E-state index contributed by atoms with van der Waals surface area (Å²) in [4.78, 5) is 134. The number of unbranched alkanes of at least 4 members (excludes halogenated alkanes) is 6. The summed E-state index contributed by atoms with van der Waals surface area (Å²) in [7, 11) is 0. The number of fused-ring (bicyclic) bond motifs is 2. The van der Waals surface area contributed by atoms with Gasteiger partial charge in [-0.1, -0.05) is 86.2 Å². The lowest BCUT2D eigenvalue weighted by Crippen LogP contribution is -2.33. The highest BCUT2D eigenvalue weighted by Crippen LogP contribution is 2.63. The predicted octanol–water partition coefficient (Wildman–Crippen LogP) is 13.9. The Morgan fingerprint density at radius 2 is 0.731 bits per heavy atom. The molecule has 0 atom stereocenters. The Labute approximate surface area is 622 Å². The average Bonchev–Trinajstić information content (AvgIpc) is 1.59. The van der Waals surface area contributed by atoms with Crippen molar-refractivity contribution in [2.45, 2.75) is 198 Å². The van der Waals surface area contributed by atoms with E-state index in [4.69, 9.17) is 63.4 Å². The fraction of sp³-hybridized carbons (Fsp3) is 0.526. The Morgan fingerprint density at radius 3 is 1.12 bits per heavy atom. The van der Waals surface area contributed by atoms with Crippen molar-refractivity contribution in [2.24, 2.45) is 23.7 Å². The summed E-state index contributed by atoms with van der Waals surface area (Å²) in [5.41, 5.74) is 0.181. The molecule has 28 heteroatoms. The summed E-state index contributed by atoms with van der Waals surface area (Å²) in [6.45, 7) is 22.2. The maximum Gasteiger partial charge on any atom is 0.350 e. The van der Waals surface area contributed by atoms with Gasteiger partial charge in [-0.05, 0) is 177 Å². The van der Waals surface area contributed by atoms with Crippen molar-refractivity contribution in [1.82, 2.24) is 0 Å². The van der Waals surface area contributed by atoms with Gasteiger partial charge in [0, 0.05) is 47.3 Å². The highest BCUT2D eigenvalue weighted by Gasteiger charge is 2.40. The van der Waals surface area contributed by atoms with E-state index in [1.165, 1.54) is 0 Å². The van der Waals surface area contributed by atoms with Crippen molar-refractivity contribution < 1.29 is 105 Å². The zero-order chi connectivity index (χ0) is 74.3. The topological polar surface area (TPSA) is 310 Å². The Bertz CT molecular complexity index is 3400. The number of carbonyl (C=O) groups is 10. The summed E-state index contributed by atoms with van der Waals surface area (Å²) < 4.78 is 67.8. The number of ether oxygens (including phenoxy) is 12. The van der Waals surface area contributed by atoms with Gasteiger partial charge in [0.05, 0.1) is 73.9 Å². The SMILES string of the molecule is [C-]#[N+]/C(C(=O)OCCOC(=O)C=C)=C1/Sc2c(OC(=O)C3CCC(OC(=O)C4CCC(OCCCCCCOC(=O)C=C)CC4)CC3)ccc(-c3ccc(OC(=O)C4CCC(OC(=O)C5CCC(OCCCCCCOC(=O)C=C)CC5)CC4)c4c3S/C(=C(\C#N)C(=O)OCCOC(=O)C=C)S4)c2S1. The highest BCUT2D eigenvalue weighted by atomic mass is 32.2. The molecule has 2 aromatic rings. The molecule has 4 fully saturated rings. The molecule has 4 aliphatic carbocycles. The van der Waals surface area contributed by atoms with Crippen LogP contribution in [0.4, 0.5) is 0 Å². The third-order valence-electron chi connectivity index (χ3n) is 18.3. The molecule has 0 bridgehead atoms. The van der Waals surface area contributed by atoms with Gasteiger partial charge in [0.1, 0.15) is 56.2 Å². The lowest BCUT2D eigenvalue weighted by atomic mass is 9.86. The van der Waals surface area contributed by atoms with Gasteiger partial charge < -0.3 is 56.8 Å². The van der Waals surface area contributed by atoms with Crippen molar-refractivity contribution in [1.29, 1.82) is 5.26 Å². The van der Waals surface area contributed by atoms with E-state index in [1.807, 2.05) is 6.07 Å². The van der Waals surface area contributed by atoms with Crippen LogP contribution in [0.2, 0.25) is 0 Å². The van der Waals surface area contributed by atoms with E-state index in [2.05, 4.69) is 31.2 Å².